The van der Waals surface area contributed by atoms with Crippen LogP contribution < -0.4 is 0 Å². The molecule has 1 aliphatic rings. The lowest BCUT2D eigenvalue weighted by molar-refractivity contribution is -0.146. The minimum absolute atomic E-state index is 0.161. The minimum atomic E-state index is -0.784. The zero-order valence-corrected chi connectivity index (χ0v) is 8.58. The van der Waals surface area contributed by atoms with Gasteiger partial charge in [0, 0.05) is 12.3 Å². The van der Waals surface area contributed by atoms with Crippen LogP contribution >= 0.6 is 0 Å². The Morgan fingerprint density at radius 2 is 2.29 bits per heavy atom. The van der Waals surface area contributed by atoms with Crippen LogP contribution in [0.5, 0.6) is 0 Å². The van der Waals surface area contributed by atoms with Crippen molar-refractivity contribution in [1.82, 2.24) is 0 Å². The predicted molar refractivity (Wildman–Crippen MR) is 49.8 cm³/mol. The zero-order valence-electron chi connectivity index (χ0n) is 8.58. The normalized spacial score (nSPS) is 24.7. The standard InChI is InChI=1S/C10H16O4/c1-10(2)7(6-9(13)14-10)4-3-5-8(11)12/h7H,3-6H2,1-2H3,(H,11,12)/t7-/m0/s1. The lowest BCUT2D eigenvalue weighted by atomic mass is 9.86. The van der Waals surface area contributed by atoms with Gasteiger partial charge in [-0.05, 0) is 26.7 Å². The fourth-order valence-electron chi connectivity index (χ4n) is 1.81. The largest absolute Gasteiger partial charge is 0.481 e. The van der Waals surface area contributed by atoms with Crippen LogP contribution in [0.25, 0.3) is 0 Å². The molecule has 0 aromatic rings. The van der Waals surface area contributed by atoms with Crippen molar-refractivity contribution in [3.8, 4) is 0 Å². The van der Waals surface area contributed by atoms with Crippen molar-refractivity contribution in [2.45, 2.75) is 45.1 Å². The molecular weight excluding hydrogens is 184 g/mol. The van der Waals surface area contributed by atoms with Gasteiger partial charge in [-0.25, -0.2) is 0 Å². The highest BCUT2D eigenvalue weighted by molar-refractivity contribution is 5.72. The Kier molecular flexibility index (Phi) is 3.13. The molecule has 1 saturated heterocycles. The molecule has 0 aromatic heterocycles. The number of carbonyl (C=O) groups excluding carboxylic acids is 1. The highest BCUT2D eigenvalue weighted by atomic mass is 16.6. The average molecular weight is 200 g/mol. The number of cyclic esters (lactones) is 1. The SMILES string of the molecule is CC1(C)OC(=O)C[C@@H]1CCCC(=O)O. The van der Waals surface area contributed by atoms with E-state index in [9.17, 15) is 9.59 Å². The molecule has 1 atom stereocenters. The van der Waals surface area contributed by atoms with Crippen LogP contribution in [0.15, 0.2) is 0 Å². The maximum absolute atomic E-state index is 11.0. The molecule has 14 heavy (non-hydrogen) atoms. The Hall–Kier alpha value is -1.06. The smallest absolute Gasteiger partial charge is 0.306 e. The van der Waals surface area contributed by atoms with Crippen LogP contribution in [0.1, 0.15) is 39.5 Å². The number of esters is 1. The first-order valence-electron chi connectivity index (χ1n) is 4.85. The first-order valence-corrected chi connectivity index (χ1v) is 4.85. The van der Waals surface area contributed by atoms with Crippen LogP contribution in [0, 0.1) is 5.92 Å². The van der Waals surface area contributed by atoms with E-state index in [1.165, 1.54) is 0 Å². The molecule has 4 heteroatoms. The third kappa shape index (κ3) is 2.72. The van der Waals surface area contributed by atoms with Crippen molar-refractivity contribution in [3.63, 3.8) is 0 Å². The summed E-state index contributed by atoms with van der Waals surface area (Å²) in [6.07, 6.45) is 1.94. The number of carbonyl (C=O) groups is 2. The lowest BCUT2D eigenvalue weighted by Gasteiger charge is -2.24. The summed E-state index contributed by atoms with van der Waals surface area (Å²) in [5.74, 6) is -0.794. The van der Waals surface area contributed by atoms with Crippen molar-refractivity contribution in [2.75, 3.05) is 0 Å². The molecular formula is C10H16O4. The van der Waals surface area contributed by atoms with E-state index in [4.69, 9.17) is 9.84 Å². The van der Waals surface area contributed by atoms with E-state index in [0.717, 1.165) is 6.42 Å². The van der Waals surface area contributed by atoms with E-state index < -0.39 is 11.6 Å². The van der Waals surface area contributed by atoms with Gasteiger partial charge in [0.05, 0.1) is 6.42 Å². The topological polar surface area (TPSA) is 63.6 Å². The summed E-state index contributed by atoms with van der Waals surface area (Å²) in [5.41, 5.74) is -0.421. The summed E-state index contributed by atoms with van der Waals surface area (Å²) >= 11 is 0. The van der Waals surface area contributed by atoms with E-state index in [1.807, 2.05) is 13.8 Å². The van der Waals surface area contributed by atoms with Crippen LogP contribution in [-0.2, 0) is 14.3 Å². The lowest BCUT2D eigenvalue weighted by Crippen LogP contribution is -2.27. The summed E-state index contributed by atoms with van der Waals surface area (Å²) < 4.78 is 5.13. The molecule has 0 spiro atoms. The summed E-state index contributed by atoms with van der Waals surface area (Å²) in [6.45, 7) is 3.76. The Morgan fingerprint density at radius 1 is 1.64 bits per heavy atom. The molecule has 0 aliphatic carbocycles. The Labute approximate surface area is 83.2 Å². The van der Waals surface area contributed by atoms with E-state index in [1.54, 1.807) is 0 Å². The summed E-state index contributed by atoms with van der Waals surface area (Å²) in [6, 6.07) is 0. The van der Waals surface area contributed by atoms with Gasteiger partial charge in [-0.1, -0.05) is 0 Å². The summed E-state index contributed by atoms with van der Waals surface area (Å²) in [5, 5.41) is 8.47. The van der Waals surface area contributed by atoms with Crippen molar-refractivity contribution in [2.24, 2.45) is 5.92 Å². The number of ether oxygens (including phenoxy) is 1. The number of hydrogen-bond donors (Lipinski definition) is 1. The first kappa shape index (κ1) is 11.0. The van der Waals surface area contributed by atoms with Crippen molar-refractivity contribution in [1.29, 1.82) is 0 Å². The molecule has 1 rings (SSSR count). The average Bonchev–Trinajstić information content (AvgIpc) is 2.24. The molecule has 0 unspecified atom stereocenters. The van der Waals surface area contributed by atoms with E-state index >= 15 is 0 Å². The van der Waals surface area contributed by atoms with Crippen LogP contribution in [0.2, 0.25) is 0 Å². The predicted octanol–water partition coefficient (Wildman–Crippen LogP) is 1.58. The maximum atomic E-state index is 11.0. The molecule has 0 amide bonds. The van der Waals surface area contributed by atoms with Crippen LogP contribution in [-0.4, -0.2) is 22.6 Å². The van der Waals surface area contributed by atoms with Crippen LogP contribution in [0.3, 0.4) is 0 Å². The summed E-state index contributed by atoms with van der Waals surface area (Å²) in [7, 11) is 0. The molecule has 0 saturated carbocycles. The fourth-order valence-corrected chi connectivity index (χ4v) is 1.81. The molecule has 1 N–H and O–H groups in total. The van der Waals surface area contributed by atoms with Gasteiger partial charge in [0.25, 0.3) is 0 Å². The Morgan fingerprint density at radius 3 is 2.71 bits per heavy atom. The molecule has 4 nitrogen and oxygen atoms in total. The Bertz CT molecular complexity index is 245. The van der Waals surface area contributed by atoms with Gasteiger partial charge in [-0.15, -0.1) is 0 Å². The fraction of sp³-hybridized carbons (Fsp3) is 0.800. The highest BCUT2D eigenvalue weighted by Gasteiger charge is 2.40. The number of carboxylic acid groups (broad SMARTS) is 1. The van der Waals surface area contributed by atoms with Crippen molar-refractivity contribution < 1.29 is 19.4 Å². The van der Waals surface area contributed by atoms with E-state index in [0.29, 0.717) is 12.8 Å². The highest BCUT2D eigenvalue weighted by Crippen LogP contribution is 2.35. The number of carboxylic acids is 1. The van der Waals surface area contributed by atoms with Gasteiger partial charge in [-0.3, -0.25) is 9.59 Å². The van der Waals surface area contributed by atoms with Gasteiger partial charge in [0.1, 0.15) is 5.60 Å². The zero-order chi connectivity index (χ0) is 10.8. The second-order valence-electron chi connectivity index (χ2n) is 4.26. The molecule has 1 heterocycles. The molecule has 0 aromatic carbocycles. The maximum Gasteiger partial charge on any atom is 0.306 e. The monoisotopic (exact) mass is 200 g/mol. The van der Waals surface area contributed by atoms with E-state index in [-0.39, 0.29) is 18.3 Å². The second-order valence-corrected chi connectivity index (χ2v) is 4.26. The van der Waals surface area contributed by atoms with Gasteiger partial charge in [0.15, 0.2) is 0 Å². The third-order valence-corrected chi connectivity index (χ3v) is 2.72. The number of rotatable bonds is 4. The molecule has 0 radical (unpaired) electrons. The van der Waals surface area contributed by atoms with Gasteiger partial charge in [0.2, 0.25) is 0 Å². The van der Waals surface area contributed by atoms with E-state index in [2.05, 4.69) is 0 Å². The number of aliphatic carboxylic acids is 1. The van der Waals surface area contributed by atoms with Crippen molar-refractivity contribution in [3.05, 3.63) is 0 Å². The van der Waals surface area contributed by atoms with Crippen LogP contribution in [0.4, 0.5) is 0 Å². The first-order chi connectivity index (χ1) is 6.42. The Balaban J connectivity index is 2.37. The minimum Gasteiger partial charge on any atom is -0.481 e. The van der Waals surface area contributed by atoms with Gasteiger partial charge < -0.3 is 9.84 Å². The molecule has 80 valence electrons. The molecule has 0 bridgehead atoms. The van der Waals surface area contributed by atoms with Crippen molar-refractivity contribution >= 4 is 11.9 Å². The van der Waals surface area contributed by atoms with Gasteiger partial charge in [-0.2, -0.15) is 0 Å². The quantitative estimate of drug-likeness (QED) is 0.700. The molecule has 1 fully saturated rings. The third-order valence-electron chi connectivity index (χ3n) is 2.72. The second kappa shape index (κ2) is 3.98. The summed E-state index contributed by atoms with van der Waals surface area (Å²) in [4.78, 5) is 21.3. The number of hydrogen-bond acceptors (Lipinski definition) is 3. The molecule has 1 aliphatic heterocycles. The van der Waals surface area contributed by atoms with Gasteiger partial charge >= 0.3 is 11.9 Å².